The second-order valence-corrected chi connectivity index (χ2v) is 12.9. The second-order valence-electron chi connectivity index (χ2n) is 12.9. The zero-order chi connectivity index (χ0) is 32.4. The Kier molecular flexibility index (Phi) is 6.13. The van der Waals surface area contributed by atoms with E-state index in [9.17, 15) is 0 Å². The number of benzene rings is 8. The Morgan fingerprint density at radius 1 is 0.347 bits per heavy atom. The quantitative estimate of drug-likeness (QED) is 0.194. The van der Waals surface area contributed by atoms with Crippen LogP contribution in [-0.4, -0.2) is 0 Å². The van der Waals surface area contributed by atoms with Crippen molar-refractivity contribution in [2.45, 2.75) is 5.41 Å². The predicted octanol–water partition coefficient (Wildman–Crippen LogP) is 12.4. The molecule has 1 spiro atoms. The molecule has 2 aliphatic heterocycles. The van der Waals surface area contributed by atoms with Crippen LogP contribution in [0.2, 0.25) is 0 Å². The van der Waals surface area contributed by atoms with Crippen LogP contribution in [0.25, 0.3) is 33.0 Å². The number of ether oxygens (including phenoxy) is 1. The zero-order valence-corrected chi connectivity index (χ0v) is 26.8. The average Bonchev–Trinajstić information content (AvgIpc) is 3.18. The first-order valence-corrected chi connectivity index (χ1v) is 16.9. The minimum Gasteiger partial charge on any atom is -0.457 e. The van der Waals surface area contributed by atoms with Gasteiger partial charge in [0.15, 0.2) is 0 Å². The van der Waals surface area contributed by atoms with Gasteiger partial charge in [-0.3, -0.25) is 0 Å². The lowest BCUT2D eigenvalue weighted by Gasteiger charge is -2.49. The molecule has 49 heavy (non-hydrogen) atoms. The van der Waals surface area contributed by atoms with Gasteiger partial charge in [-0.2, -0.15) is 0 Å². The van der Waals surface area contributed by atoms with Gasteiger partial charge in [-0.1, -0.05) is 146 Å². The summed E-state index contributed by atoms with van der Waals surface area (Å²) < 4.78 is 6.72. The highest BCUT2D eigenvalue weighted by molar-refractivity contribution is 6.02. The summed E-state index contributed by atoms with van der Waals surface area (Å²) in [7, 11) is 0. The van der Waals surface area contributed by atoms with Gasteiger partial charge in [0.2, 0.25) is 0 Å². The summed E-state index contributed by atoms with van der Waals surface area (Å²) in [5.74, 6) is 1.76. The molecule has 0 amide bonds. The number of rotatable bonds is 3. The van der Waals surface area contributed by atoms with Crippen LogP contribution < -0.4 is 9.64 Å². The molecule has 2 heterocycles. The smallest absolute Gasteiger partial charge is 0.132 e. The minimum atomic E-state index is -0.660. The number of para-hydroxylation sites is 2. The molecular weight excluding hydrogens is 595 g/mol. The summed E-state index contributed by atoms with van der Waals surface area (Å²) >= 11 is 0. The highest BCUT2D eigenvalue weighted by Gasteiger charge is 2.51. The van der Waals surface area contributed by atoms with E-state index in [-0.39, 0.29) is 0 Å². The lowest BCUT2D eigenvalue weighted by Crippen LogP contribution is -2.39. The van der Waals surface area contributed by atoms with Crippen molar-refractivity contribution < 1.29 is 4.74 Å². The fourth-order valence-corrected chi connectivity index (χ4v) is 8.20. The molecule has 2 heteroatoms. The maximum absolute atomic E-state index is 6.72. The van der Waals surface area contributed by atoms with Crippen LogP contribution in [0.1, 0.15) is 22.3 Å². The average molecular weight is 626 g/mol. The Morgan fingerprint density at radius 3 is 1.43 bits per heavy atom. The highest BCUT2D eigenvalue weighted by atomic mass is 16.5. The minimum absolute atomic E-state index is 0.660. The molecule has 10 rings (SSSR count). The molecule has 0 atom stereocenters. The molecule has 0 aromatic heterocycles. The number of hydrogen-bond donors (Lipinski definition) is 0. The van der Waals surface area contributed by atoms with Crippen LogP contribution in [0.3, 0.4) is 0 Å². The fourth-order valence-electron chi connectivity index (χ4n) is 8.20. The summed E-state index contributed by atoms with van der Waals surface area (Å²) in [5, 5.41) is 2.43. The Labute approximate surface area is 286 Å². The van der Waals surface area contributed by atoms with E-state index in [0.717, 1.165) is 39.7 Å². The molecule has 0 aliphatic carbocycles. The summed E-state index contributed by atoms with van der Waals surface area (Å²) in [4.78, 5) is 2.49. The van der Waals surface area contributed by atoms with E-state index in [4.69, 9.17) is 4.74 Å². The molecule has 0 N–H and O–H groups in total. The van der Waals surface area contributed by atoms with E-state index in [0.29, 0.717) is 0 Å². The van der Waals surface area contributed by atoms with Gasteiger partial charge in [-0.15, -0.1) is 0 Å². The van der Waals surface area contributed by atoms with E-state index in [1.165, 1.54) is 44.2 Å². The van der Waals surface area contributed by atoms with E-state index in [1.54, 1.807) is 0 Å². The van der Waals surface area contributed by atoms with Gasteiger partial charge in [0.1, 0.15) is 11.5 Å². The third-order valence-corrected chi connectivity index (χ3v) is 10.3. The van der Waals surface area contributed by atoms with E-state index < -0.39 is 5.41 Å². The predicted molar refractivity (Wildman–Crippen MR) is 201 cm³/mol. The molecule has 0 saturated heterocycles. The van der Waals surface area contributed by atoms with Gasteiger partial charge < -0.3 is 9.64 Å². The standard InChI is InChI=1S/C47H31NO/c1-3-14-32(15-4-1)35-26-28-43-40(30-35)47(38-21-9-11-24-45(38)49-46-25-12-10-22-39(46)47)41-31-36(33-16-5-2-6-17-33)27-29-44(41)48(43)42-23-13-19-34-18-7-8-20-37(34)42/h1-31H. The normalized spacial score (nSPS) is 13.6. The highest BCUT2D eigenvalue weighted by Crippen LogP contribution is 2.63. The number of hydrogen-bond acceptors (Lipinski definition) is 2. The van der Waals surface area contributed by atoms with Crippen LogP contribution >= 0.6 is 0 Å². The van der Waals surface area contributed by atoms with Crippen molar-refractivity contribution in [1.29, 1.82) is 0 Å². The van der Waals surface area contributed by atoms with Crippen molar-refractivity contribution in [3.8, 4) is 33.8 Å². The van der Waals surface area contributed by atoms with Crippen molar-refractivity contribution in [2.75, 3.05) is 4.90 Å². The number of fused-ring (bicyclic) bond motifs is 9. The van der Waals surface area contributed by atoms with Crippen molar-refractivity contribution >= 4 is 27.8 Å². The van der Waals surface area contributed by atoms with Crippen LogP contribution in [0.4, 0.5) is 17.1 Å². The lowest BCUT2D eigenvalue weighted by molar-refractivity contribution is 0.434. The topological polar surface area (TPSA) is 12.5 Å². The third-order valence-electron chi connectivity index (χ3n) is 10.3. The van der Waals surface area contributed by atoms with Crippen molar-refractivity contribution in [3.63, 3.8) is 0 Å². The maximum atomic E-state index is 6.72. The summed E-state index contributed by atoms with van der Waals surface area (Å²) in [6, 6.07) is 68.1. The third kappa shape index (κ3) is 4.07. The molecule has 0 unspecified atom stereocenters. The number of anilines is 3. The van der Waals surface area contributed by atoms with E-state index >= 15 is 0 Å². The molecule has 0 radical (unpaired) electrons. The van der Waals surface area contributed by atoms with Crippen LogP contribution in [0.5, 0.6) is 11.5 Å². The van der Waals surface area contributed by atoms with Crippen LogP contribution in [-0.2, 0) is 5.41 Å². The van der Waals surface area contributed by atoms with E-state index in [1.807, 2.05) is 0 Å². The van der Waals surface area contributed by atoms with Gasteiger partial charge >= 0.3 is 0 Å². The van der Waals surface area contributed by atoms with Crippen molar-refractivity contribution in [1.82, 2.24) is 0 Å². The summed E-state index contributed by atoms with van der Waals surface area (Å²) in [6.45, 7) is 0. The first kappa shape index (κ1) is 27.7. The Hall–Kier alpha value is -6.38. The molecule has 0 fully saturated rings. The van der Waals surface area contributed by atoms with Crippen LogP contribution in [0, 0.1) is 0 Å². The fraction of sp³-hybridized carbons (Fsp3) is 0.0213. The zero-order valence-electron chi connectivity index (χ0n) is 26.8. The molecule has 2 nitrogen and oxygen atoms in total. The lowest BCUT2D eigenvalue weighted by atomic mass is 9.60. The van der Waals surface area contributed by atoms with Gasteiger partial charge in [-0.25, -0.2) is 0 Å². The van der Waals surface area contributed by atoms with Gasteiger partial charge in [0.25, 0.3) is 0 Å². The molecule has 0 bridgehead atoms. The molecular formula is C47H31NO. The SMILES string of the molecule is c1ccc(-c2ccc3c(c2)C2(c4ccccc4Oc4ccccc42)c2cc(-c4ccccc4)ccc2N3c2cccc3ccccc23)cc1. The summed E-state index contributed by atoms with van der Waals surface area (Å²) in [6.07, 6.45) is 0. The molecule has 0 saturated carbocycles. The molecule has 230 valence electrons. The Bertz CT molecular complexity index is 2390. The van der Waals surface area contributed by atoms with Gasteiger partial charge in [0.05, 0.1) is 22.5 Å². The van der Waals surface area contributed by atoms with Gasteiger partial charge in [0, 0.05) is 16.5 Å². The Morgan fingerprint density at radius 2 is 0.837 bits per heavy atom. The molecule has 2 aliphatic rings. The molecule has 8 aromatic carbocycles. The maximum Gasteiger partial charge on any atom is 0.132 e. The Balaban J connectivity index is 1.39. The monoisotopic (exact) mass is 625 g/mol. The second kappa shape index (κ2) is 10.8. The summed E-state index contributed by atoms with van der Waals surface area (Å²) in [5.41, 5.74) is 12.3. The first-order chi connectivity index (χ1) is 24.3. The first-order valence-electron chi connectivity index (χ1n) is 16.9. The van der Waals surface area contributed by atoms with Crippen LogP contribution in [0.15, 0.2) is 188 Å². The molecule has 8 aromatic rings. The van der Waals surface area contributed by atoms with E-state index in [2.05, 4.69) is 193 Å². The van der Waals surface area contributed by atoms with Crippen molar-refractivity contribution in [2.24, 2.45) is 0 Å². The number of nitrogens with zero attached hydrogens (tertiary/aromatic N) is 1. The largest absolute Gasteiger partial charge is 0.457 e. The van der Waals surface area contributed by atoms with Crippen molar-refractivity contribution in [3.05, 3.63) is 210 Å². The van der Waals surface area contributed by atoms with Gasteiger partial charge in [-0.05, 0) is 81.2 Å².